The molecule has 0 saturated heterocycles. The van der Waals surface area contributed by atoms with E-state index in [0.717, 1.165) is 39.3 Å². The largest absolute Gasteiger partial charge is 0.465 e. The highest BCUT2D eigenvalue weighted by molar-refractivity contribution is 7.99. The Balaban J connectivity index is 1.51. The van der Waals surface area contributed by atoms with E-state index in [4.69, 9.17) is 4.74 Å². The fourth-order valence-electron chi connectivity index (χ4n) is 3.89. The first-order chi connectivity index (χ1) is 17.7. The molecule has 0 aliphatic heterocycles. The van der Waals surface area contributed by atoms with Crippen LogP contribution in [0, 0.1) is 13.8 Å². The molecule has 0 saturated carbocycles. The molecule has 0 bridgehead atoms. The van der Waals surface area contributed by atoms with E-state index in [-0.39, 0.29) is 11.7 Å². The Morgan fingerprint density at radius 1 is 1.11 bits per heavy atom. The molecule has 1 N–H and O–H groups in total. The highest BCUT2D eigenvalue weighted by atomic mass is 32.2. The monoisotopic (exact) mass is 535 g/mol. The molecule has 1 amide bonds. The van der Waals surface area contributed by atoms with Crippen molar-refractivity contribution in [1.29, 1.82) is 0 Å². The molecule has 0 spiro atoms. The first kappa shape index (κ1) is 26.4. The number of carbonyl (C=O) groups excluding carboxylic acids is 2. The summed E-state index contributed by atoms with van der Waals surface area (Å²) >= 11 is 2.59. The standard InChI is InChI=1S/C27H29N5O3S2/c1-16-10-11-17(2)20(12-16)21-14-36-25(23(21)26(34)35-6)28-22(33)15-37-27-30-29-24(32(27)5)18-8-7-9-19(13-18)31(3)4/h7-14H,15H2,1-6H3,(H,28,33). The first-order valence-corrected chi connectivity index (χ1v) is 13.4. The van der Waals surface area contributed by atoms with Crippen LogP contribution in [0.5, 0.6) is 0 Å². The Hall–Kier alpha value is -3.63. The van der Waals surface area contributed by atoms with E-state index in [2.05, 4.69) is 15.5 Å². The number of nitrogens with zero attached hydrogens (tertiary/aromatic N) is 4. The molecule has 0 atom stereocenters. The number of ether oxygens (including phenoxy) is 1. The van der Waals surface area contributed by atoms with Crippen LogP contribution >= 0.6 is 23.1 Å². The Morgan fingerprint density at radius 3 is 2.62 bits per heavy atom. The van der Waals surface area contributed by atoms with E-state index in [1.54, 1.807) is 0 Å². The third kappa shape index (κ3) is 5.70. The van der Waals surface area contributed by atoms with Gasteiger partial charge in [-0.1, -0.05) is 47.7 Å². The number of methoxy groups -OCH3 is 1. The average Bonchev–Trinajstić information content (AvgIpc) is 3.46. The van der Waals surface area contributed by atoms with Gasteiger partial charge in [0.1, 0.15) is 10.6 Å². The van der Waals surface area contributed by atoms with Crippen LogP contribution < -0.4 is 10.2 Å². The van der Waals surface area contributed by atoms with Crippen LogP contribution in [-0.4, -0.2) is 53.6 Å². The van der Waals surface area contributed by atoms with Gasteiger partial charge in [0, 0.05) is 43.3 Å². The molecule has 8 nitrogen and oxygen atoms in total. The van der Waals surface area contributed by atoms with Crippen molar-refractivity contribution in [3.8, 4) is 22.5 Å². The van der Waals surface area contributed by atoms with Crippen molar-refractivity contribution in [2.24, 2.45) is 7.05 Å². The van der Waals surface area contributed by atoms with Gasteiger partial charge < -0.3 is 19.5 Å². The number of hydrogen-bond acceptors (Lipinski definition) is 8. The number of thioether (sulfide) groups is 1. The van der Waals surface area contributed by atoms with E-state index in [1.807, 2.05) is 92.3 Å². The number of nitrogens with one attached hydrogen (secondary N) is 1. The number of amides is 1. The molecular weight excluding hydrogens is 506 g/mol. The number of benzene rings is 2. The number of rotatable bonds is 8. The van der Waals surface area contributed by atoms with Gasteiger partial charge in [-0.15, -0.1) is 21.5 Å². The molecule has 0 fully saturated rings. The van der Waals surface area contributed by atoms with Gasteiger partial charge in [-0.2, -0.15) is 0 Å². The SMILES string of the molecule is COC(=O)c1c(-c2cc(C)ccc2C)csc1NC(=O)CSc1nnc(-c2cccc(N(C)C)c2)n1C. The summed E-state index contributed by atoms with van der Waals surface area (Å²) in [5.41, 5.74) is 6.18. The van der Waals surface area contributed by atoms with E-state index in [0.29, 0.717) is 15.7 Å². The third-order valence-electron chi connectivity index (χ3n) is 5.90. The van der Waals surface area contributed by atoms with Crippen LogP contribution in [0.15, 0.2) is 53.0 Å². The van der Waals surface area contributed by atoms with E-state index in [9.17, 15) is 9.59 Å². The number of aromatic nitrogens is 3. The number of aryl methyl sites for hydroxylation is 2. The fourth-order valence-corrected chi connectivity index (χ4v) is 5.56. The number of thiophene rings is 1. The number of carbonyl (C=O) groups is 2. The summed E-state index contributed by atoms with van der Waals surface area (Å²) < 4.78 is 6.92. The average molecular weight is 536 g/mol. The number of esters is 1. The zero-order valence-corrected chi connectivity index (χ0v) is 23.3. The molecule has 2 aromatic heterocycles. The van der Waals surface area contributed by atoms with Crippen LogP contribution in [0.25, 0.3) is 22.5 Å². The summed E-state index contributed by atoms with van der Waals surface area (Å²) in [6, 6.07) is 14.1. The van der Waals surface area contributed by atoms with Crippen molar-refractivity contribution in [2.75, 3.05) is 37.2 Å². The molecular formula is C27H29N5O3S2. The molecule has 0 radical (unpaired) electrons. The highest BCUT2D eigenvalue weighted by Crippen LogP contribution is 2.38. The lowest BCUT2D eigenvalue weighted by molar-refractivity contribution is -0.113. The summed E-state index contributed by atoms with van der Waals surface area (Å²) in [7, 11) is 7.19. The lowest BCUT2D eigenvalue weighted by atomic mass is 9.97. The van der Waals surface area contributed by atoms with Crippen molar-refractivity contribution in [2.45, 2.75) is 19.0 Å². The Labute approximate surface area is 224 Å². The fraction of sp³-hybridized carbons (Fsp3) is 0.259. The minimum atomic E-state index is -0.488. The second-order valence-electron chi connectivity index (χ2n) is 8.81. The van der Waals surface area contributed by atoms with E-state index in [1.165, 1.54) is 30.2 Å². The Kier molecular flexibility index (Phi) is 7.99. The highest BCUT2D eigenvalue weighted by Gasteiger charge is 2.23. The normalized spacial score (nSPS) is 10.9. The van der Waals surface area contributed by atoms with Crippen LogP contribution in [-0.2, 0) is 16.6 Å². The van der Waals surface area contributed by atoms with Gasteiger partial charge in [0.2, 0.25) is 5.91 Å². The predicted molar refractivity (Wildman–Crippen MR) is 151 cm³/mol. The van der Waals surface area contributed by atoms with Crippen molar-refractivity contribution in [1.82, 2.24) is 14.8 Å². The minimum absolute atomic E-state index is 0.112. The van der Waals surface area contributed by atoms with Crippen LogP contribution in [0.2, 0.25) is 0 Å². The van der Waals surface area contributed by atoms with Crippen molar-refractivity contribution < 1.29 is 14.3 Å². The van der Waals surface area contributed by atoms with Crippen LogP contribution in [0.3, 0.4) is 0 Å². The van der Waals surface area contributed by atoms with Crippen LogP contribution in [0.4, 0.5) is 10.7 Å². The summed E-state index contributed by atoms with van der Waals surface area (Å²) in [5.74, 6) is 0.0961. The van der Waals surface area contributed by atoms with Gasteiger partial charge in [-0.25, -0.2) is 4.79 Å². The van der Waals surface area contributed by atoms with Gasteiger partial charge in [-0.3, -0.25) is 4.79 Å². The maximum absolute atomic E-state index is 12.9. The van der Waals surface area contributed by atoms with Crippen molar-refractivity contribution >= 4 is 45.7 Å². The van der Waals surface area contributed by atoms with Gasteiger partial charge >= 0.3 is 5.97 Å². The smallest absolute Gasteiger partial charge is 0.341 e. The molecule has 0 aliphatic rings. The summed E-state index contributed by atoms with van der Waals surface area (Å²) in [6.45, 7) is 4.00. The van der Waals surface area contributed by atoms with Crippen LogP contribution in [0.1, 0.15) is 21.5 Å². The zero-order valence-electron chi connectivity index (χ0n) is 21.7. The second kappa shape index (κ2) is 11.2. The van der Waals surface area contributed by atoms with Crippen molar-refractivity contribution in [3.63, 3.8) is 0 Å². The number of anilines is 2. The number of hydrogen-bond donors (Lipinski definition) is 1. The summed E-state index contributed by atoms with van der Waals surface area (Å²) in [4.78, 5) is 27.6. The molecule has 4 aromatic rings. The minimum Gasteiger partial charge on any atom is -0.465 e. The first-order valence-electron chi connectivity index (χ1n) is 11.6. The molecule has 37 heavy (non-hydrogen) atoms. The molecule has 0 unspecified atom stereocenters. The lowest BCUT2D eigenvalue weighted by Crippen LogP contribution is -2.16. The molecule has 2 aromatic carbocycles. The van der Waals surface area contributed by atoms with Gasteiger partial charge in [0.15, 0.2) is 11.0 Å². The predicted octanol–water partition coefficient (Wildman–Crippen LogP) is 5.41. The Bertz CT molecular complexity index is 1460. The molecule has 192 valence electrons. The topological polar surface area (TPSA) is 89.3 Å². The zero-order chi connectivity index (χ0) is 26.7. The summed E-state index contributed by atoms with van der Waals surface area (Å²) in [5, 5.41) is 14.5. The third-order valence-corrected chi connectivity index (χ3v) is 7.82. The summed E-state index contributed by atoms with van der Waals surface area (Å²) in [6.07, 6.45) is 0. The molecule has 0 aliphatic carbocycles. The Morgan fingerprint density at radius 2 is 1.89 bits per heavy atom. The van der Waals surface area contributed by atoms with Gasteiger partial charge in [0.05, 0.1) is 12.9 Å². The van der Waals surface area contributed by atoms with Gasteiger partial charge in [0.25, 0.3) is 0 Å². The quantitative estimate of drug-likeness (QED) is 0.238. The molecule has 10 heteroatoms. The molecule has 2 heterocycles. The van der Waals surface area contributed by atoms with E-state index >= 15 is 0 Å². The lowest BCUT2D eigenvalue weighted by Gasteiger charge is -2.13. The molecule has 4 rings (SSSR count). The van der Waals surface area contributed by atoms with Gasteiger partial charge in [-0.05, 0) is 37.1 Å². The maximum Gasteiger partial charge on any atom is 0.341 e. The van der Waals surface area contributed by atoms with Crippen molar-refractivity contribution in [3.05, 3.63) is 64.5 Å². The second-order valence-corrected chi connectivity index (χ2v) is 10.6. The van der Waals surface area contributed by atoms with E-state index < -0.39 is 5.97 Å². The maximum atomic E-state index is 12.9.